The molecule has 1 aromatic carbocycles. The highest BCUT2D eigenvalue weighted by atomic mass is 31.2. The standard InChI is InChI=1S/C14H16FN2O3P/c1-3-19-21(18,20-4-2)14(12(9-16)10-17)11-5-7-13(15)8-6-11/h5-8,12,14H,3-4H2,1-2H3. The summed E-state index contributed by atoms with van der Waals surface area (Å²) in [6, 6.07) is 8.72. The Morgan fingerprint density at radius 3 is 2.00 bits per heavy atom. The van der Waals surface area contributed by atoms with Crippen LogP contribution in [-0.2, 0) is 13.6 Å². The van der Waals surface area contributed by atoms with E-state index < -0.39 is 25.0 Å². The van der Waals surface area contributed by atoms with Gasteiger partial charge in [-0.15, -0.1) is 0 Å². The summed E-state index contributed by atoms with van der Waals surface area (Å²) in [7, 11) is -3.72. The first-order valence-corrected chi connectivity index (χ1v) is 8.07. The monoisotopic (exact) mass is 310 g/mol. The largest absolute Gasteiger partial charge is 0.340 e. The van der Waals surface area contributed by atoms with Crippen LogP contribution in [0.25, 0.3) is 0 Å². The Morgan fingerprint density at radius 1 is 1.14 bits per heavy atom. The highest BCUT2D eigenvalue weighted by Crippen LogP contribution is 2.63. The van der Waals surface area contributed by atoms with Crippen molar-refractivity contribution in [1.82, 2.24) is 0 Å². The zero-order chi connectivity index (χ0) is 15.9. The first kappa shape index (κ1) is 17.3. The number of hydrogen-bond donors (Lipinski definition) is 0. The average Bonchev–Trinajstić information content (AvgIpc) is 2.46. The molecule has 0 saturated carbocycles. The molecule has 0 fully saturated rings. The Bertz CT molecular complexity index is 568. The molecular formula is C14H16FN2O3P. The Kier molecular flexibility index (Phi) is 6.52. The van der Waals surface area contributed by atoms with Crippen molar-refractivity contribution >= 4 is 7.60 Å². The third-order valence-electron chi connectivity index (χ3n) is 2.76. The van der Waals surface area contributed by atoms with Gasteiger partial charge in [0.05, 0.1) is 25.4 Å². The molecule has 1 unspecified atom stereocenters. The summed E-state index contributed by atoms with van der Waals surface area (Å²) in [5, 5.41) is 18.3. The molecule has 0 aliphatic carbocycles. The molecule has 1 aromatic rings. The Balaban J connectivity index is 3.37. The molecule has 0 aliphatic rings. The van der Waals surface area contributed by atoms with Crippen LogP contribution in [0.3, 0.4) is 0 Å². The van der Waals surface area contributed by atoms with E-state index in [4.69, 9.17) is 19.6 Å². The molecule has 0 aromatic heterocycles. The van der Waals surface area contributed by atoms with Crippen molar-refractivity contribution in [3.8, 4) is 12.1 Å². The van der Waals surface area contributed by atoms with Gasteiger partial charge in [0.25, 0.3) is 0 Å². The van der Waals surface area contributed by atoms with Gasteiger partial charge in [0, 0.05) is 0 Å². The molecule has 0 radical (unpaired) electrons. The number of benzene rings is 1. The minimum Gasteiger partial charge on any atom is -0.308 e. The van der Waals surface area contributed by atoms with Crippen LogP contribution in [0, 0.1) is 34.4 Å². The van der Waals surface area contributed by atoms with E-state index >= 15 is 0 Å². The average molecular weight is 310 g/mol. The fourth-order valence-corrected chi connectivity index (χ4v) is 4.10. The summed E-state index contributed by atoms with van der Waals surface area (Å²) in [6.45, 7) is 3.50. The van der Waals surface area contributed by atoms with E-state index in [1.807, 2.05) is 0 Å². The lowest BCUT2D eigenvalue weighted by Gasteiger charge is -2.27. The Labute approximate surface area is 123 Å². The van der Waals surface area contributed by atoms with Gasteiger partial charge in [-0.1, -0.05) is 12.1 Å². The lowest BCUT2D eigenvalue weighted by Crippen LogP contribution is -2.14. The van der Waals surface area contributed by atoms with Crippen LogP contribution in [0.15, 0.2) is 24.3 Å². The maximum absolute atomic E-state index is 13.0. The molecule has 0 amide bonds. The van der Waals surface area contributed by atoms with Crippen molar-refractivity contribution in [1.29, 1.82) is 10.5 Å². The topological polar surface area (TPSA) is 83.1 Å². The second-order valence-corrected chi connectivity index (χ2v) is 6.26. The van der Waals surface area contributed by atoms with Gasteiger partial charge < -0.3 is 9.05 Å². The molecule has 0 spiro atoms. The van der Waals surface area contributed by atoms with Crippen LogP contribution >= 0.6 is 7.60 Å². The van der Waals surface area contributed by atoms with Crippen LogP contribution in [0.1, 0.15) is 25.1 Å². The number of rotatable bonds is 7. The van der Waals surface area contributed by atoms with Crippen molar-refractivity contribution < 1.29 is 18.0 Å². The molecule has 0 aliphatic heterocycles. The molecule has 21 heavy (non-hydrogen) atoms. The van der Waals surface area contributed by atoms with Crippen molar-refractivity contribution in [3.05, 3.63) is 35.6 Å². The summed E-state index contributed by atoms with van der Waals surface area (Å²) in [6.07, 6.45) is 0. The lowest BCUT2D eigenvalue weighted by molar-refractivity contribution is 0.209. The molecule has 0 saturated heterocycles. The van der Waals surface area contributed by atoms with E-state index in [1.165, 1.54) is 24.3 Å². The zero-order valence-corrected chi connectivity index (χ0v) is 12.7. The van der Waals surface area contributed by atoms with Crippen molar-refractivity contribution in [2.24, 2.45) is 5.92 Å². The highest BCUT2D eigenvalue weighted by molar-refractivity contribution is 7.54. The minimum absolute atomic E-state index is 0.110. The van der Waals surface area contributed by atoms with Crippen LogP contribution in [0.2, 0.25) is 0 Å². The van der Waals surface area contributed by atoms with Gasteiger partial charge in [0.2, 0.25) is 0 Å². The summed E-state index contributed by atoms with van der Waals surface area (Å²) >= 11 is 0. The normalized spacial score (nSPS) is 12.7. The maximum Gasteiger partial charge on any atom is 0.340 e. The molecule has 0 heterocycles. The van der Waals surface area contributed by atoms with Crippen LogP contribution in [0.4, 0.5) is 4.39 Å². The van der Waals surface area contributed by atoms with E-state index in [9.17, 15) is 8.96 Å². The van der Waals surface area contributed by atoms with Gasteiger partial charge in [-0.3, -0.25) is 4.57 Å². The fraction of sp³-hybridized carbons (Fsp3) is 0.429. The summed E-state index contributed by atoms with van der Waals surface area (Å²) in [5.74, 6) is -1.69. The second-order valence-electron chi connectivity index (χ2n) is 4.11. The minimum atomic E-state index is -3.72. The van der Waals surface area contributed by atoms with Gasteiger partial charge in [-0.25, -0.2) is 4.39 Å². The molecule has 5 nitrogen and oxygen atoms in total. The molecular weight excluding hydrogens is 294 g/mol. The van der Waals surface area contributed by atoms with Gasteiger partial charge >= 0.3 is 7.60 Å². The number of nitrogens with zero attached hydrogens (tertiary/aromatic N) is 2. The van der Waals surface area contributed by atoms with E-state index in [0.717, 1.165) is 0 Å². The van der Waals surface area contributed by atoms with Crippen molar-refractivity contribution in [3.63, 3.8) is 0 Å². The first-order valence-electron chi connectivity index (χ1n) is 6.45. The first-order chi connectivity index (χ1) is 10.0. The molecule has 7 heteroatoms. The molecule has 0 N–H and O–H groups in total. The van der Waals surface area contributed by atoms with Crippen molar-refractivity contribution in [2.45, 2.75) is 19.5 Å². The summed E-state index contributed by atoms with van der Waals surface area (Å²) < 4.78 is 36.4. The quantitative estimate of drug-likeness (QED) is 0.715. The summed E-state index contributed by atoms with van der Waals surface area (Å²) in [4.78, 5) is 0. The van der Waals surface area contributed by atoms with E-state index in [0.29, 0.717) is 5.56 Å². The fourth-order valence-electron chi connectivity index (χ4n) is 1.95. The SMILES string of the molecule is CCOP(=O)(OCC)C(c1ccc(F)cc1)C(C#N)C#N. The maximum atomic E-state index is 13.0. The number of halogens is 1. The van der Waals surface area contributed by atoms with Crippen LogP contribution < -0.4 is 0 Å². The van der Waals surface area contributed by atoms with Crippen molar-refractivity contribution in [2.75, 3.05) is 13.2 Å². The molecule has 0 bridgehead atoms. The van der Waals surface area contributed by atoms with Gasteiger partial charge in [-0.2, -0.15) is 10.5 Å². The van der Waals surface area contributed by atoms with Crippen LogP contribution in [0.5, 0.6) is 0 Å². The summed E-state index contributed by atoms with van der Waals surface area (Å²) in [5.41, 5.74) is -0.706. The van der Waals surface area contributed by atoms with Gasteiger partial charge in [0.1, 0.15) is 11.5 Å². The molecule has 1 atom stereocenters. The Morgan fingerprint density at radius 2 is 1.62 bits per heavy atom. The lowest BCUT2D eigenvalue weighted by atomic mass is 10.0. The number of hydrogen-bond acceptors (Lipinski definition) is 5. The number of nitriles is 2. The smallest absolute Gasteiger partial charge is 0.308 e. The third kappa shape index (κ3) is 4.12. The third-order valence-corrected chi connectivity index (χ3v) is 5.28. The Hall–Kier alpha value is -1.72. The molecule has 112 valence electrons. The van der Waals surface area contributed by atoms with Crippen LogP contribution in [-0.4, -0.2) is 13.2 Å². The second kappa shape index (κ2) is 7.90. The van der Waals surface area contributed by atoms with Gasteiger partial charge in [-0.05, 0) is 31.5 Å². The molecule has 1 rings (SSSR count). The van der Waals surface area contributed by atoms with E-state index in [1.54, 1.807) is 26.0 Å². The van der Waals surface area contributed by atoms with E-state index in [2.05, 4.69) is 0 Å². The predicted molar refractivity (Wildman–Crippen MR) is 74.7 cm³/mol. The zero-order valence-electron chi connectivity index (χ0n) is 11.8. The highest BCUT2D eigenvalue weighted by Gasteiger charge is 2.43. The van der Waals surface area contributed by atoms with E-state index in [-0.39, 0.29) is 13.2 Å². The predicted octanol–water partition coefficient (Wildman–Crippen LogP) is 3.80. The van der Waals surface area contributed by atoms with Gasteiger partial charge in [0.15, 0.2) is 5.92 Å².